The van der Waals surface area contributed by atoms with Crippen molar-refractivity contribution in [3.63, 3.8) is 0 Å². The highest BCUT2D eigenvalue weighted by molar-refractivity contribution is 7.89. The number of rotatable bonds is 8. The largest absolute Gasteiger partial charge is 0.482 e. The minimum atomic E-state index is -3.62. The van der Waals surface area contributed by atoms with E-state index in [4.69, 9.17) is 14.2 Å². The molecule has 0 atom stereocenters. The van der Waals surface area contributed by atoms with Crippen molar-refractivity contribution in [3.05, 3.63) is 59.7 Å². The second-order valence-electron chi connectivity index (χ2n) is 6.70. The molecule has 1 aliphatic rings. The molecule has 0 aliphatic carbocycles. The lowest BCUT2D eigenvalue weighted by Gasteiger charge is -2.26. The van der Waals surface area contributed by atoms with Gasteiger partial charge in [0.1, 0.15) is 12.4 Å². The molecule has 0 N–H and O–H groups in total. The fourth-order valence-corrected chi connectivity index (χ4v) is 4.36. The first kappa shape index (κ1) is 21.9. The van der Waals surface area contributed by atoms with Crippen molar-refractivity contribution in [1.82, 2.24) is 4.31 Å². The first-order chi connectivity index (χ1) is 14.4. The van der Waals surface area contributed by atoms with E-state index < -0.39 is 16.0 Å². The Balaban J connectivity index is 1.55. The van der Waals surface area contributed by atoms with Crippen LogP contribution >= 0.6 is 0 Å². The standard InChI is InChI=1S/C21H23NO7S/c1-16(23)18-5-3-6-19(13-18)28-15-21(24)29-14-17-4-2-7-20(12-17)30(25,26)22-8-10-27-11-9-22/h2-7,12-13H,8-11,14-15H2,1H3. The lowest BCUT2D eigenvalue weighted by atomic mass is 10.1. The Morgan fingerprint density at radius 1 is 1.07 bits per heavy atom. The van der Waals surface area contributed by atoms with Crippen molar-refractivity contribution in [2.45, 2.75) is 18.4 Å². The van der Waals surface area contributed by atoms with Crippen LogP contribution in [-0.4, -0.2) is 57.4 Å². The maximum Gasteiger partial charge on any atom is 0.344 e. The third-order valence-corrected chi connectivity index (χ3v) is 6.40. The van der Waals surface area contributed by atoms with E-state index in [9.17, 15) is 18.0 Å². The molecule has 9 heteroatoms. The van der Waals surface area contributed by atoms with Crippen LogP contribution in [0.2, 0.25) is 0 Å². The van der Waals surface area contributed by atoms with E-state index in [-0.39, 0.29) is 23.9 Å². The molecule has 0 radical (unpaired) electrons. The highest BCUT2D eigenvalue weighted by Gasteiger charge is 2.26. The average molecular weight is 433 g/mol. The summed E-state index contributed by atoms with van der Waals surface area (Å²) in [4.78, 5) is 23.5. The molecule has 2 aromatic rings. The average Bonchev–Trinajstić information content (AvgIpc) is 2.77. The van der Waals surface area contributed by atoms with Gasteiger partial charge in [-0.15, -0.1) is 0 Å². The molecular weight excluding hydrogens is 410 g/mol. The molecule has 8 nitrogen and oxygen atoms in total. The summed E-state index contributed by atoms with van der Waals surface area (Å²) < 4.78 is 42.6. The second-order valence-corrected chi connectivity index (χ2v) is 8.64. The van der Waals surface area contributed by atoms with E-state index >= 15 is 0 Å². The third kappa shape index (κ3) is 5.65. The number of ether oxygens (including phenoxy) is 3. The highest BCUT2D eigenvalue weighted by Crippen LogP contribution is 2.19. The van der Waals surface area contributed by atoms with Gasteiger partial charge in [0.05, 0.1) is 18.1 Å². The van der Waals surface area contributed by atoms with Gasteiger partial charge in [0.25, 0.3) is 0 Å². The van der Waals surface area contributed by atoms with Crippen molar-refractivity contribution in [2.75, 3.05) is 32.9 Å². The number of morpholine rings is 1. The number of sulfonamides is 1. The van der Waals surface area contributed by atoms with Gasteiger partial charge >= 0.3 is 5.97 Å². The van der Waals surface area contributed by atoms with Crippen molar-refractivity contribution in [3.8, 4) is 5.75 Å². The third-order valence-electron chi connectivity index (χ3n) is 4.50. The van der Waals surface area contributed by atoms with Crippen LogP contribution in [0.3, 0.4) is 0 Å². The molecule has 0 saturated carbocycles. The molecular formula is C21H23NO7S. The van der Waals surface area contributed by atoms with Gasteiger partial charge in [-0.05, 0) is 36.8 Å². The number of benzene rings is 2. The van der Waals surface area contributed by atoms with Crippen molar-refractivity contribution < 1.29 is 32.2 Å². The van der Waals surface area contributed by atoms with Crippen LogP contribution in [0.4, 0.5) is 0 Å². The maximum absolute atomic E-state index is 12.7. The summed E-state index contributed by atoms with van der Waals surface area (Å²) in [5.74, 6) is -0.321. The van der Waals surface area contributed by atoms with E-state index in [1.54, 1.807) is 36.4 Å². The van der Waals surface area contributed by atoms with Crippen LogP contribution in [0, 0.1) is 0 Å². The molecule has 0 bridgehead atoms. The second kappa shape index (κ2) is 9.84. The zero-order valence-electron chi connectivity index (χ0n) is 16.6. The number of Topliss-reactive ketones (excluding diaryl/α,β-unsaturated/α-hetero) is 1. The van der Waals surface area contributed by atoms with Gasteiger partial charge in [-0.25, -0.2) is 13.2 Å². The zero-order chi connectivity index (χ0) is 21.6. The predicted molar refractivity (Wildman–Crippen MR) is 108 cm³/mol. The Bertz CT molecular complexity index is 1010. The summed E-state index contributed by atoms with van der Waals surface area (Å²) in [7, 11) is -3.62. The topological polar surface area (TPSA) is 99.2 Å². The van der Waals surface area contributed by atoms with Gasteiger partial charge in [0.15, 0.2) is 12.4 Å². The summed E-state index contributed by atoms with van der Waals surface area (Å²) in [6.07, 6.45) is 0. The number of nitrogens with zero attached hydrogens (tertiary/aromatic N) is 1. The van der Waals surface area contributed by atoms with Gasteiger partial charge in [-0.1, -0.05) is 24.3 Å². The van der Waals surface area contributed by atoms with Gasteiger partial charge in [0.2, 0.25) is 10.0 Å². The van der Waals surface area contributed by atoms with E-state index in [1.165, 1.54) is 23.4 Å². The van der Waals surface area contributed by atoms with E-state index in [0.29, 0.717) is 43.2 Å². The molecule has 0 unspecified atom stereocenters. The molecule has 0 aromatic heterocycles. The Kier molecular flexibility index (Phi) is 7.20. The lowest BCUT2D eigenvalue weighted by Crippen LogP contribution is -2.40. The van der Waals surface area contributed by atoms with Crippen molar-refractivity contribution in [2.24, 2.45) is 0 Å². The Morgan fingerprint density at radius 3 is 2.53 bits per heavy atom. The number of hydrogen-bond donors (Lipinski definition) is 0. The molecule has 0 amide bonds. The van der Waals surface area contributed by atoms with Crippen molar-refractivity contribution >= 4 is 21.8 Å². The molecule has 0 spiro atoms. The van der Waals surface area contributed by atoms with Crippen LogP contribution in [0.1, 0.15) is 22.8 Å². The Hall–Kier alpha value is -2.75. The summed E-state index contributed by atoms with van der Waals surface area (Å²) in [6.45, 7) is 2.39. The van der Waals surface area contributed by atoms with Gasteiger partial charge in [0, 0.05) is 18.7 Å². The molecule has 1 fully saturated rings. The number of hydrogen-bond acceptors (Lipinski definition) is 7. The fraction of sp³-hybridized carbons (Fsp3) is 0.333. The van der Waals surface area contributed by atoms with E-state index in [0.717, 1.165) is 0 Å². The summed E-state index contributed by atoms with van der Waals surface area (Å²) in [5.41, 5.74) is 1.04. The first-order valence-corrected chi connectivity index (χ1v) is 10.9. The van der Waals surface area contributed by atoms with Gasteiger partial charge in [-0.2, -0.15) is 4.31 Å². The first-order valence-electron chi connectivity index (χ1n) is 9.42. The minimum Gasteiger partial charge on any atom is -0.482 e. The molecule has 30 heavy (non-hydrogen) atoms. The van der Waals surface area contributed by atoms with Gasteiger partial charge in [-0.3, -0.25) is 4.79 Å². The van der Waals surface area contributed by atoms with Crippen LogP contribution in [0.25, 0.3) is 0 Å². The molecule has 2 aromatic carbocycles. The van der Waals surface area contributed by atoms with Crippen LogP contribution < -0.4 is 4.74 Å². The smallest absolute Gasteiger partial charge is 0.344 e. The van der Waals surface area contributed by atoms with Crippen LogP contribution in [0.5, 0.6) is 5.75 Å². The molecule has 3 rings (SSSR count). The number of carbonyl (C=O) groups is 2. The summed E-state index contributed by atoms with van der Waals surface area (Å²) >= 11 is 0. The summed E-state index contributed by atoms with van der Waals surface area (Å²) in [6, 6.07) is 12.8. The Labute approximate surface area is 175 Å². The number of ketones is 1. The highest BCUT2D eigenvalue weighted by atomic mass is 32.2. The number of esters is 1. The molecule has 1 heterocycles. The minimum absolute atomic E-state index is 0.0812. The van der Waals surface area contributed by atoms with E-state index in [1.807, 2.05) is 0 Å². The zero-order valence-corrected chi connectivity index (χ0v) is 17.4. The van der Waals surface area contributed by atoms with Gasteiger partial charge < -0.3 is 14.2 Å². The van der Waals surface area contributed by atoms with Crippen LogP contribution in [-0.2, 0) is 30.9 Å². The van der Waals surface area contributed by atoms with E-state index in [2.05, 4.69) is 0 Å². The molecule has 160 valence electrons. The number of carbonyl (C=O) groups excluding carboxylic acids is 2. The van der Waals surface area contributed by atoms with Crippen molar-refractivity contribution in [1.29, 1.82) is 0 Å². The quantitative estimate of drug-likeness (QED) is 0.464. The Morgan fingerprint density at radius 2 is 1.80 bits per heavy atom. The van der Waals surface area contributed by atoms with Crippen LogP contribution in [0.15, 0.2) is 53.4 Å². The summed E-state index contributed by atoms with van der Waals surface area (Å²) in [5, 5.41) is 0. The fourth-order valence-electron chi connectivity index (χ4n) is 2.88. The molecule has 1 saturated heterocycles. The predicted octanol–water partition coefficient (Wildman–Crippen LogP) is 2.03. The monoisotopic (exact) mass is 433 g/mol. The SMILES string of the molecule is CC(=O)c1cccc(OCC(=O)OCc2cccc(S(=O)(=O)N3CCOCC3)c2)c1. The lowest BCUT2D eigenvalue weighted by molar-refractivity contribution is -0.147. The maximum atomic E-state index is 12.7. The molecule has 1 aliphatic heterocycles. The normalized spacial score (nSPS) is 14.8.